The zero-order valence-corrected chi connectivity index (χ0v) is 21.9. The van der Waals surface area contributed by atoms with E-state index in [1.807, 2.05) is 31.2 Å². The van der Waals surface area contributed by atoms with Crippen molar-refractivity contribution in [3.05, 3.63) is 84.3 Å². The first-order chi connectivity index (χ1) is 17.4. The number of nitrogens with two attached hydrogens (primary N) is 1. The fraction of sp³-hybridized carbons (Fsp3) is 0.345. The molecule has 0 amide bonds. The third-order valence-corrected chi connectivity index (χ3v) is 6.30. The van der Waals surface area contributed by atoms with Gasteiger partial charge in [-0.1, -0.05) is 32.2 Å². The van der Waals surface area contributed by atoms with Gasteiger partial charge in [-0.05, 0) is 61.0 Å². The van der Waals surface area contributed by atoms with Gasteiger partial charge in [0.25, 0.3) is 0 Å². The van der Waals surface area contributed by atoms with Crippen molar-refractivity contribution >= 4 is 29.0 Å². The second-order valence-electron chi connectivity index (χ2n) is 8.94. The van der Waals surface area contributed by atoms with Crippen molar-refractivity contribution in [2.75, 3.05) is 62.0 Å². The first-order valence-electron chi connectivity index (χ1n) is 12.5. The summed E-state index contributed by atoms with van der Waals surface area (Å²) in [4.78, 5) is 9.37. The highest BCUT2D eigenvalue weighted by Crippen LogP contribution is 2.21. The molecule has 2 aromatic rings. The van der Waals surface area contributed by atoms with E-state index < -0.39 is 0 Å². The van der Waals surface area contributed by atoms with Gasteiger partial charge in [-0.3, -0.25) is 0 Å². The summed E-state index contributed by atoms with van der Waals surface area (Å²) in [5.41, 5.74) is 12.9. The van der Waals surface area contributed by atoms with Crippen LogP contribution in [0.15, 0.2) is 83.8 Å². The van der Waals surface area contributed by atoms with Crippen LogP contribution in [0.1, 0.15) is 25.8 Å². The Hall–Kier alpha value is -3.55. The maximum atomic E-state index is 6.38. The number of likely N-dealkylation sites (N-methyl/N-ethyl adjacent to an activating group) is 1. The first-order valence-corrected chi connectivity index (χ1v) is 12.5. The van der Waals surface area contributed by atoms with Gasteiger partial charge in [0.05, 0.1) is 6.61 Å². The molecule has 0 saturated carbocycles. The van der Waals surface area contributed by atoms with Gasteiger partial charge in [-0.25, -0.2) is 4.99 Å². The number of benzene rings is 2. The van der Waals surface area contributed by atoms with Crippen LogP contribution in [0.25, 0.3) is 5.70 Å². The van der Waals surface area contributed by atoms with E-state index in [-0.39, 0.29) is 0 Å². The van der Waals surface area contributed by atoms with E-state index in [0.29, 0.717) is 18.1 Å². The molecular weight excluding hydrogens is 448 g/mol. The lowest BCUT2D eigenvalue weighted by Gasteiger charge is -2.35. The van der Waals surface area contributed by atoms with Crippen LogP contribution in [0.5, 0.6) is 0 Å². The maximum absolute atomic E-state index is 6.38. The fourth-order valence-electron chi connectivity index (χ4n) is 3.97. The third kappa shape index (κ3) is 8.00. The number of nitrogens with one attached hydrogen (secondary N) is 2. The first kappa shape index (κ1) is 27.0. The van der Waals surface area contributed by atoms with E-state index in [1.165, 1.54) is 5.69 Å². The third-order valence-electron chi connectivity index (χ3n) is 6.30. The van der Waals surface area contributed by atoms with Gasteiger partial charge < -0.3 is 30.9 Å². The minimum atomic E-state index is 0.556. The number of nitrogens with zero attached hydrogens (tertiary/aromatic N) is 3. The molecule has 7 heteroatoms. The van der Waals surface area contributed by atoms with Gasteiger partial charge in [0.2, 0.25) is 0 Å². The molecule has 0 radical (unpaired) electrons. The number of piperazine rings is 1. The number of methoxy groups -OCH3 is 1. The molecule has 1 aliphatic heterocycles. The molecule has 3 rings (SSSR count). The van der Waals surface area contributed by atoms with E-state index in [0.717, 1.165) is 67.4 Å². The lowest BCUT2D eigenvalue weighted by atomic mass is 10.1. The van der Waals surface area contributed by atoms with Crippen LogP contribution in [-0.4, -0.2) is 57.6 Å². The molecule has 1 fully saturated rings. The summed E-state index contributed by atoms with van der Waals surface area (Å²) >= 11 is 0. The minimum absolute atomic E-state index is 0.556. The van der Waals surface area contributed by atoms with Crippen molar-refractivity contribution in [1.29, 1.82) is 0 Å². The highest BCUT2D eigenvalue weighted by Gasteiger charge is 2.15. The molecule has 0 aliphatic carbocycles. The molecule has 0 atom stereocenters. The quantitative estimate of drug-likeness (QED) is 0.359. The Morgan fingerprint density at radius 2 is 1.61 bits per heavy atom. The topological polar surface area (TPSA) is 78.1 Å². The van der Waals surface area contributed by atoms with E-state index in [2.05, 4.69) is 69.8 Å². The SMILES string of the molecule is C=C(CCOC)Nc1ccc(/C(N)=C(\C)C=NC(=C)Nc2ccc(N3CCN(CC)CC3)cc2)cc1. The standard InChI is InChI=1S/C29H40N6O/c1-6-34-16-18-35(19-17-34)28-13-11-27(12-14-28)33-24(4)31-21-22(2)29(30)25-7-9-26(10-8-25)32-23(3)15-20-36-5/h7-14,21,32-33H,3-4,6,15-20,30H2,1-2,5H3/b29-22-,31-21?. The number of allylic oxidation sites excluding steroid dienone is 1. The number of rotatable bonds is 12. The van der Waals surface area contributed by atoms with Crippen molar-refractivity contribution in [3.63, 3.8) is 0 Å². The largest absolute Gasteiger partial charge is 0.398 e. The predicted octanol–water partition coefficient (Wildman–Crippen LogP) is 5.13. The minimum Gasteiger partial charge on any atom is -0.398 e. The second kappa shape index (κ2) is 13.5. The molecule has 1 saturated heterocycles. The number of aliphatic imine (C=N–C) groups is 1. The summed E-state index contributed by atoms with van der Waals surface area (Å²) in [6.45, 7) is 18.3. The summed E-state index contributed by atoms with van der Waals surface area (Å²) in [6.07, 6.45) is 2.50. The number of hydrogen-bond donors (Lipinski definition) is 3. The highest BCUT2D eigenvalue weighted by atomic mass is 16.5. The van der Waals surface area contributed by atoms with E-state index >= 15 is 0 Å². The van der Waals surface area contributed by atoms with E-state index in [9.17, 15) is 0 Å². The average Bonchev–Trinajstić information content (AvgIpc) is 2.91. The number of anilines is 3. The van der Waals surface area contributed by atoms with Crippen LogP contribution in [0.4, 0.5) is 17.1 Å². The van der Waals surface area contributed by atoms with E-state index in [1.54, 1.807) is 13.3 Å². The van der Waals surface area contributed by atoms with Crippen molar-refractivity contribution in [3.8, 4) is 0 Å². The summed E-state index contributed by atoms with van der Waals surface area (Å²) < 4.78 is 5.08. The molecule has 0 unspecified atom stereocenters. The second-order valence-corrected chi connectivity index (χ2v) is 8.94. The molecule has 1 heterocycles. The Morgan fingerprint density at radius 1 is 1.00 bits per heavy atom. The molecule has 0 aromatic heterocycles. The molecule has 192 valence electrons. The average molecular weight is 489 g/mol. The Labute approximate surface area is 216 Å². The lowest BCUT2D eigenvalue weighted by Crippen LogP contribution is -2.46. The number of hydrogen-bond acceptors (Lipinski definition) is 7. The van der Waals surface area contributed by atoms with Gasteiger partial charge in [0.1, 0.15) is 5.82 Å². The monoisotopic (exact) mass is 488 g/mol. The van der Waals surface area contributed by atoms with Crippen molar-refractivity contribution in [2.45, 2.75) is 20.3 Å². The normalized spacial score (nSPS) is 15.0. The highest BCUT2D eigenvalue weighted by molar-refractivity contribution is 5.90. The summed E-state index contributed by atoms with van der Waals surface area (Å²) in [5, 5.41) is 6.53. The van der Waals surface area contributed by atoms with Gasteiger partial charge in [0.15, 0.2) is 0 Å². The smallest absolute Gasteiger partial charge is 0.123 e. The zero-order valence-electron chi connectivity index (χ0n) is 21.9. The molecule has 0 bridgehead atoms. The molecule has 2 aromatic carbocycles. The summed E-state index contributed by atoms with van der Waals surface area (Å²) in [6, 6.07) is 16.4. The fourth-order valence-corrected chi connectivity index (χ4v) is 3.97. The summed E-state index contributed by atoms with van der Waals surface area (Å²) in [7, 11) is 1.68. The van der Waals surface area contributed by atoms with Gasteiger partial charge >= 0.3 is 0 Å². The molecule has 4 N–H and O–H groups in total. The van der Waals surface area contributed by atoms with Crippen LogP contribution >= 0.6 is 0 Å². The van der Waals surface area contributed by atoms with Crippen LogP contribution in [0.3, 0.4) is 0 Å². The van der Waals surface area contributed by atoms with Crippen molar-refractivity contribution < 1.29 is 4.74 Å². The lowest BCUT2D eigenvalue weighted by molar-refractivity contribution is 0.202. The van der Waals surface area contributed by atoms with Gasteiger partial charge in [0, 0.05) is 74.4 Å². The maximum Gasteiger partial charge on any atom is 0.123 e. The van der Waals surface area contributed by atoms with Gasteiger partial charge in [-0.15, -0.1) is 0 Å². The molecular formula is C29H40N6O. The molecule has 36 heavy (non-hydrogen) atoms. The van der Waals surface area contributed by atoms with Crippen LogP contribution < -0.4 is 21.3 Å². The molecule has 0 spiro atoms. The predicted molar refractivity (Wildman–Crippen MR) is 155 cm³/mol. The van der Waals surface area contributed by atoms with Crippen LogP contribution in [0, 0.1) is 0 Å². The Morgan fingerprint density at radius 3 is 2.22 bits per heavy atom. The Bertz CT molecular complexity index is 1060. The number of ether oxygens (including phenoxy) is 1. The van der Waals surface area contributed by atoms with Crippen molar-refractivity contribution in [2.24, 2.45) is 10.7 Å². The van der Waals surface area contributed by atoms with Crippen LogP contribution in [-0.2, 0) is 4.74 Å². The summed E-state index contributed by atoms with van der Waals surface area (Å²) in [5.74, 6) is 0.556. The van der Waals surface area contributed by atoms with Crippen molar-refractivity contribution in [1.82, 2.24) is 4.90 Å². The Kier molecular flexibility index (Phi) is 10.2. The Balaban J connectivity index is 1.53. The van der Waals surface area contributed by atoms with Gasteiger partial charge in [-0.2, -0.15) is 0 Å². The van der Waals surface area contributed by atoms with E-state index in [4.69, 9.17) is 10.5 Å². The van der Waals surface area contributed by atoms with Crippen LogP contribution in [0.2, 0.25) is 0 Å². The molecule has 7 nitrogen and oxygen atoms in total. The zero-order chi connectivity index (χ0) is 25.9. The molecule has 1 aliphatic rings.